The Morgan fingerprint density at radius 1 is 1.12 bits per heavy atom. The van der Waals surface area contributed by atoms with Crippen molar-refractivity contribution in [2.24, 2.45) is 11.3 Å². The molecule has 142 valence electrons. The van der Waals surface area contributed by atoms with Crippen molar-refractivity contribution in [1.29, 1.82) is 0 Å². The normalized spacial score (nSPS) is 20.8. The molecule has 2 fully saturated rings. The molecule has 1 aromatic carbocycles. The molecule has 1 aliphatic carbocycles. The van der Waals surface area contributed by atoms with Gasteiger partial charge in [-0.05, 0) is 31.7 Å². The summed E-state index contributed by atoms with van der Waals surface area (Å²) < 4.78 is 14.4. The zero-order chi connectivity index (χ0) is 18.9. The van der Waals surface area contributed by atoms with Crippen LogP contribution in [0.15, 0.2) is 24.3 Å². The maximum Gasteiger partial charge on any atom is 0.194 e. The van der Waals surface area contributed by atoms with Crippen molar-refractivity contribution in [1.82, 2.24) is 4.90 Å². The predicted octanol–water partition coefficient (Wildman–Crippen LogP) is 4.62. The monoisotopic (exact) mass is 377 g/mol. The maximum atomic E-state index is 14.4. The van der Waals surface area contributed by atoms with Gasteiger partial charge in [0.1, 0.15) is 5.82 Å². The van der Waals surface area contributed by atoms with Gasteiger partial charge in [0, 0.05) is 35.2 Å². The van der Waals surface area contributed by atoms with E-state index >= 15 is 0 Å². The van der Waals surface area contributed by atoms with Crippen LogP contribution in [0.3, 0.4) is 0 Å². The highest BCUT2D eigenvalue weighted by Gasteiger charge is 2.40. The van der Waals surface area contributed by atoms with Crippen molar-refractivity contribution in [2.45, 2.75) is 57.7 Å². The molecule has 3 rings (SSSR count). The number of Topliss-reactive ketones (excluding diaryl/α,β-unsaturated/α-hetero) is 1. The quantitative estimate of drug-likeness (QED) is 0.751. The second-order valence-corrected chi connectivity index (χ2v) is 9.76. The lowest BCUT2D eigenvalue weighted by molar-refractivity contribution is -0.126. The van der Waals surface area contributed by atoms with Crippen LogP contribution in [0, 0.1) is 17.2 Å². The summed E-state index contributed by atoms with van der Waals surface area (Å²) in [5.41, 5.74) is 0.167. The Labute approximate surface area is 159 Å². The van der Waals surface area contributed by atoms with Crippen LogP contribution in [0.25, 0.3) is 0 Å². The molecule has 1 heterocycles. The zero-order valence-electron chi connectivity index (χ0n) is 15.8. The number of hydrogen-bond acceptors (Lipinski definition) is 4. The molecular weight excluding hydrogens is 349 g/mol. The second-order valence-electron chi connectivity index (χ2n) is 8.49. The van der Waals surface area contributed by atoms with Gasteiger partial charge >= 0.3 is 0 Å². The molecule has 0 N–H and O–H groups in total. The van der Waals surface area contributed by atoms with Gasteiger partial charge in [-0.2, -0.15) is 0 Å². The molecule has 2 aliphatic rings. The first-order chi connectivity index (χ1) is 12.3. The molecule has 5 heteroatoms. The van der Waals surface area contributed by atoms with Gasteiger partial charge in [0.2, 0.25) is 0 Å². The molecule has 0 radical (unpaired) electrons. The number of rotatable bonds is 5. The lowest BCUT2D eigenvalue weighted by Crippen LogP contribution is -2.42. The molecule has 0 amide bonds. The van der Waals surface area contributed by atoms with E-state index in [9.17, 15) is 14.0 Å². The Hall–Kier alpha value is -1.20. The van der Waals surface area contributed by atoms with E-state index in [0.29, 0.717) is 5.56 Å². The van der Waals surface area contributed by atoms with Crippen molar-refractivity contribution in [3.05, 3.63) is 35.6 Å². The van der Waals surface area contributed by atoms with Gasteiger partial charge in [-0.1, -0.05) is 50.7 Å². The minimum absolute atomic E-state index is 0.0918. The van der Waals surface area contributed by atoms with E-state index in [1.807, 2.05) is 20.8 Å². The molecule has 0 bridgehead atoms. The van der Waals surface area contributed by atoms with E-state index < -0.39 is 6.04 Å². The first-order valence-corrected chi connectivity index (χ1v) is 10.4. The SMILES string of the molecule is CC(C)(C)C(=O)SC1CCN(C(C(=O)C2CC2)c2ccccc2F)CC1. The molecule has 3 nitrogen and oxygen atoms in total. The summed E-state index contributed by atoms with van der Waals surface area (Å²) in [4.78, 5) is 27.3. The molecule has 1 unspecified atom stereocenters. The van der Waals surface area contributed by atoms with Crippen LogP contribution < -0.4 is 0 Å². The third kappa shape index (κ3) is 4.55. The van der Waals surface area contributed by atoms with Crippen LogP contribution in [0.1, 0.15) is 58.1 Å². The Morgan fingerprint density at radius 3 is 2.27 bits per heavy atom. The van der Waals surface area contributed by atoms with Crippen LogP contribution in [-0.2, 0) is 9.59 Å². The van der Waals surface area contributed by atoms with E-state index in [1.54, 1.807) is 18.2 Å². The van der Waals surface area contributed by atoms with Crippen molar-refractivity contribution in [3.8, 4) is 0 Å². The lowest BCUT2D eigenvalue weighted by Gasteiger charge is -2.37. The molecule has 1 aliphatic heterocycles. The number of likely N-dealkylation sites (tertiary alicyclic amines) is 1. The second kappa shape index (κ2) is 7.81. The summed E-state index contributed by atoms with van der Waals surface area (Å²) in [6, 6.07) is 6.17. The Kier molecular flexibility index (Phi) is 5.88. The standard InChI is InChI=1S/C21H28FNO2S/c1-21(2,3)20(25)26-15-10-12-23(13-11-15)18(19(24)14-8-9-14)16-6-4-5-7-17(16)22/h4-7,14-15,18H,8-13H2,1-3H3. The fourth-order valence-corrected chi connectivity index (χ4v) is 4.50. The third-order valence-corrected chi connectivity index (χ3v) is 6.81. The molecule has 26 heavy (non-hydrogen) atoms. The molecule has 1 saturated carbocycles. The number of carbonyl (C=O) groups excluding carboxylic acids is 2. The first kappa shape index (κ1) is 19.6. The molecule has 1 saturated heterocycles. The van der Waals surface area contributed by atoms with Crippen molar-refractivity contribution < 1.29 is 14.0 Å². The zero-order valence-corrected chi connectivity index (χ0v) is 16.7. The summed E-state index contributed by atoms with van der Waals surface area (Å²) in [6.45, 7) is 7.29. The number of hydrogen-bond donors (Lipinski definition) is 0. The van der Waals surface area contributed by atoms with Gasteiger partial charge in [0.05, 0.1) is 6.04 Å². The minimum atomic E-state index is -0.479. The number of ketones is 1. The van der Waals surface area contributed by atoms with E-state index in [0.717, 1.165) is 38.8 Å². The highest BCUT2D eigenvalue weighted by atomic mass is 32.2. The fraction of sp³-hybridized carbons (Fsp3) is 0.619. The van der Waals surface area contributed by atoms with Gasteiger partial charge < -0.3 is 0 Å². The highest BCUT2D eigenvalue weighted by molar-refractivity contribution is 8.14. The Balaban J connectivity index is 1.69. The van der Waals surface area contributed by atoms with Crippen LogP contribution in [0.4, 0.5) is 4.39 Å². The number of benzene rings is 1. The molecule has 1 aromatic rings. The smallest absolute Gasteiger partial charge is 0.194 e. The van der Waals surface area contributed by atoms with Gasteiger partial charge in [0.25, 0.3) is 0 Å². The summed E-state index contributed by atoms with van der Waals surface area (Å²) >= 11 is 1.44. The molecule has 0 spiro atoms. The number of piperidine rings is 1. The average molecular weight is 378 g/mol. The van der Waals surface area contributed by atoms with Gasteiger partial charge in [-0.25, -0.2) is 4.39 Å². The molecule has 1 atom stereocenters. The first-order valence-electron chi connectivity index (χ1n) is 9.50. The van der Waals surface area contributed by atoms with Gasteiger partial charge in [0.15, 0.2) is 10.9 Å². The maximum absolute atomic E-state index is 14.4. The molecular formula is C21H28FNO2S. The molecule has 0 aromatic heterocycles. The van der Waals surface area contributed by atoms with Crippen LogP contribution >= 0.6 is 11.8 Å². The topological polar surface area (TPSA) is 37.4 Å². The third-order valence-electron chi connectivity index (χ3n) is 5.18. The van der Waals surface area contributed by atoms with E-state index in [4.69, 9.17) is 0 Å². The predicted molar refractivity (Wildman–Crippen MR) is 104 cm³/mol. The Bertz CT molecular complexity index is 673. The summed E-state index contributed by atoms with van der Waals surface area (Å²) in [6.07, 6.45) is 3.57. The number of nitrogens with zero attached hydrogens (tertiary/aromatic N) is 1. The number of halogens is 1. The average Bonchev–Trinajstić information content (AvgIpc) is 3.42. The lowest BCUT2D eigenvalue weighted by atomic mass is 9.95. The van der Waals surface area contributed by atoms with E-state index in [-0.39, 0.29) is 33.3 Å². The summed E-state index contributed by atoms with van der Waals surface area (Å²) in [5.74, 6) is -0.0490. The van der Waals surface area contributed by atoms with Crippen LogP contribution in [0.2, 0.25) is 0 Å². The fourth-order valence-electron chi connectivity index (χ4n) is 3.40. The minimum Gasteiger partial charge on any atom is -0.297 e. The highest BCUT2D eigenvalue weighted by Crippen LogP contribution is 2.40. The van der Waals surface area contributed by atoms with Crippen LogP contribution in [-0.4, -0.2) is 34.1 Å². The van der Waals surface area contributed by atoms with Crippen molar-refractivity contribution in [2.75, 3.05) is 13.1 Å². The van der Waals surface area contributed by atoms with Gasteiger partial charge in [-0.15, -0.1) is 0 Å². The van der Waals surface area contributed by atoms with E-state index in [1.165, 1.54) is 17.8 Å². The Morgan fingerprint density at radius 2 is 1.73 bits per heavy atom. The number of thioether (sulfide) groups is 1. The van der Waals surface area contributed by atoms with Crippen LogP contribution in [0.5, 0.6) is 0 Å². The van der Waals surface area contributed by atoms with Crippen molar-refractivity contribution in [3.63, 3.8) is 0 Å². The summed E-state index contributed by atoms with van der Waals surface area (Å²) in [5, 5.41) is 0.505. The van der Waals surface area contributed by atoms with Crippen molar-refractivity contribution >= 4 is 22.7 Å². The van der Waals surface area contributed by atoms with E-state index in [2.05, 4.69) is 4.90 Å². The largest absolute Gasteiger partial charge is 0.297 e. The van der Waals surface area contributed by atoms with Gasteiger partial charge in [-0.3, -0.25) is 14.5 Å². The summed E-state index contributed by atoms with van der Waals surface area (Å²) in [7, 11) is 0. The number of carbonyl (C=O) groups is 2.